The van der Waals surface area contributed by atoms with Gasteiger partial charge in [-0.25, -0.2) is 4.79 Å². The van der Waals surface area contributed by atoms with Crippen molar-refractivity contribution >= 4 is 29.2 Å². The van der Waals surface area contributed by atoms with Crippen LogP contribution in [0.3, 0.4) is 0 Å². The average molecular weight is 274 g/mol. The monoisotopic (exact) mass is 273 g/mol. The smallest absolute Gasteiger partial charge is 0.339 e. The van der Waals surface area contributed by atoms with Crippen LogP contribution in [0, 0.1) is 11.3 Å². The van der Waals surface area contributed by atoms with Crippen molar-refractivity contribution in [2.24, 2.45) is 0 Å². The summed E-state index contributed by atoms with van der Waals surface area (Å²) in [7, 11) is 1.42. The molecule has 0 fully saturated rings. The molecule has 1 aromatic rings. The first-order valence-corrected chi connectivity index (χ1v) is 5.38. The minimum absolute atomic E-state index is 0.169. The Morgan fingerprint density at radius 1 is 1.41 bits per heavy atom. The zero-order chi connectivity index (χ0) is 13.0. The first-order chi connectivity index (χ1) is 7.99. The molecule has 1 aromatic carbocycles. The van der Waals surface area contributed by atoms with Gasteiger partial charge in [0.2, 0.25) is 0 Å². The molecule has 0 aromatic heterocycles. The molecule has 0 bridgehead atoms. The highest BCUT2D eigenvalue weighted by molar-refractivity contribution is 6.37. The third-order valence-corrected chi connectivity index (χ3v) is 2.47. The van der Waals surface area contributed by atoms with Crippen molar-refractivity contribution < 1.29 is 14.3 Å². The van der Waals surface area contributed by atoms with Crippen molar-refractivity contribution in [3.8, 4) is 11.8 Å². The Labute approximate surface area is 109 Å². The molecule has 1 rings (SSSR count). The topological polar surface area (TPSA) is 59.3 Å². The van der Waals surface area contributed by atoms with Gasteiger partial charge in [-0.2, -0.15) is 5.26 Å². The molecule has 1 atom stereocenters. The summed E-state index contributed by atoms with van der Waals surface area (Å²) >= 11 is 11.7. The first-order valence-electron chi connectivity index (χ1n) is 4.63. The molecule has 0 aliphatic carbocycles. The van der Waals surface area contributed by atoms with Crippen LogP contribution in [0.25, 0.3) is 0 Å². The van der Waals surface area contributed by atoms with Crippen LogP contribution in [0.5, 0.6) is 5.75 Å². The van der Waals surface area contributed by atoms with Crippen molar-refractivity contribution in [1.82, 2.24) is 0 Å². The number of nitrogens with zero attached hydrogens (tertiary/aromatic N) is 1. The Morgan fingerprint density at radius 3 is 2.35 bits per heavy atom. The Kier molecular flexibility index (Phi) is 4.62. The Balaban J connectivity index is 3.01. The van der Waals surface area contributed by atoms with Crippen molar-refractivity contribution in [3.05, 3.63) is 27.7 Å². The summed E-state index contributed by atoms with van der Waals surface area (Å²) < 4.78 is 9.76. The van der Waals surface area contributed by atoms with Gasteiger partial charge in [0.1, 0.15) is 6.07 Å². The molecule has 0 spiro atoms. The molecule has 0 N–H and O–H groups in total. The van der Waals surface area contributed by atoms with Gasteiger partial charge in [0.15, 0.2) is 11.9 Å². The maximum absolute atomic E-state index is 11.6. The summed E-state index contributed by atoms with van der Waals surface area (Å²) in [6.45, 7) is 1.46. The normalized spacial score (nSPS) is 11.5. The summed E-state index contributed by atoms with van der Waals surface area (Å²) in [5.74, 6) is -0.372. The molecule has 90 valence electrons. The number of halogens is 2. The highest BCUT2D eigenvalue weighted by Crippen LogP contribution is 2.34. The van der Waals surface area contributed by atoms with Crippen LogP contribution >= 0.6 is 23.2 Å². The lowest BCUT2D eigenvalue weighted by atomic mass is 10.2. The van der Waals surface area contributed by atoms with Gasteiger partial charge in [-0.05, 0) is 19.1 Å². The van der Waals surface area contributed by atoms with Gasteiger partial charge < -0.3 is 9.47 Å². The minimum Gasteiger partial charge on any atom is -0.494 e. The first kappa shape index (κ1) is 13.6. The second-order valence-corrected chi connectivity index (χ2v) is 3.96. The molecule has 0 saturated carbocycles. The number of hydrogen-bond acceptors (Lipinski definition) is 4. The lowest BCUT2D eigenvalue weighted by Crippen LogP contribution is -2.13. The summed E-state index contributed by atoms with van der Waals surface area (Å²) in [5.41, 5.74) is 0.169. The fraction of sp³-hybridized carbons (Fsp3) is 0.273. The van der Waals surface area contributed by atoms with E-state index in [0.29, 0.717) is 5.75 Å². The van der Waals surface area contributed by atoms with Crippen LogP contribution < -0.4 is 4.74 Å². The van der Waals surface area contributed by atoms with E-state index in [1.54, 1.807) is 6.07 Å². The van der Waals surface area contributed by atoms with Crippen LogP contribution in [-0.4, -0.2) is 19.2 Å². The highest BCUT2D eigenvalue weighted by Gasteiger charge is 2.16. The molecule has 17 heavy (non-hydrogen) atoms. The quantitative estimate of drug-likeness (QED) is 0.795. The van der Waals surface area contributed by atoms with Crippen LogP contribution in [-0.2, 0) is 4.74 Å². The third kappa shape index (κ3) is 3.26. The van der Waals surface area contributed by atoms with Gasteiger partial charge in [-0.15, -0.1) is 0 Å². The number of nitriles is 1. The van der Waals surface area contributed by atoms with E-state index in [2.05, 4.69) is 0 Å². The maximum atomic E-state index is 11.6. The average Bonchev–Trinajstić information content (AvgIpc) is 2.28. The van der Waals surface area contributed by atoms with Crippen molar-refractivity contribution in [3.63, 3.8) is 0 Å². The zero-order valence-electron chi connectivity index (χ0n) is 9.16. The van der Waals surface area contributed by atoms with Gasteiger partial charge in [-0.3, -0.25) is 0 Å². The minimum atomic E-state index is -0.831. The van der Waals surface area contributed by atoms with Gasteiger partial charge in [0.25, 0.3) is 0 Å². The van der Waals surface area contributed by atoms with Crippen molar-refractivity contribution in [2.45, 2.75) is 13.0 Å². The molecule has 0 radical (unpaired) electrons. The van der Waals surface area contributed by atoms with E-state index in [-0.39, 0.29) is 15.6 Å². The highest BCUT2D eigenvalue weighted by atomic mass is 35.5. The molecular weight excluding hydrogens is 265 g/mol. The number of hydrogen-bond donors (Lipinski definition) is 0. The van der Waals surface area contributed by atoms with Crippen LogP contribution in [0.2, 0.25) is 10.0 Å². The standard InChI is InChI=1S/C11H9Cl2NO3/c1-6(5-14)17-11(15)7-3-8(12)10(16-2)9(13)4-7/h3-4,6H,1-2H3/t6-/m1/s1. The molecule has 0 unspecified atom stereocenters. The SMILES string of the molecule is COc1c(Cl)cc(C(=O)O[C@H](C)C#N)cc1Cl. The fourth-order valence-electron chi connectivity index (χ4n) is 1.13. The number of benzene rings is 1. The molecule has 4 nitrogen and oxygen atoms in total. The van der Waals surface area contributed by atoms with Crippen LogP contribution in [0.1, 0.15) is 17.3 Å². The van der Waals surface area contributed by atoms with E-state index in [4.69, 9.17) is 37.9 Å². The summed E-state index contributed by atoms with van der Waals surface area (Å²) in [6.07, 6.45) is -0.831. The van der Waals surface area contributed by atoms with Crippen LogP contribution in [0.15, 0.2) is 12.1 Å². The zero-order valence-corrected chi connectivity index (χ0v) is 10.7. The number of ether oxygens (including phenoxy) is 2. The predicted molar refractivity (Wildman–Crippen MR) is 63.5 cm³/mol. The van der Waals surface area contributed by atoms with E-state index in [0.717, 1.165) is 0 Å². The van der Waals surface area contributed by atoms with Crippen LogP contribution in [0.4, 0.5) is 0 Å². The van der Waals surface area contributed by atoms with Gasteiger partial charge in [-0.1, -0.05) is 23.2 Å². The molecule has 0 amide bonds. The third-order valence-electron chi connectivity index (χ3n) is 1.90. The molecule has 0 saturated heterocycles. The molecule has 6 heteroatoms. The van der Waals surface area contributed by atoms with Gasteiger partial charge >= 0.3 is 5.97 Å². The van der Waals surface area contributed by atoms with E-state index < -0.39 is 12.1 Å². The van der Waals surface area contributed by atoms with E-state index in [1.165, 1.54) is 26.2 Å². The lowest BCUT2D eigenvalue weighted by molar-refractivity contribution is 0.0435. The Morgan fingerprint density at radius 2 is 1.94 bits per heavy atom. The van der Waals surface area contributed by atoms with Gasteiger partial charge in [0.05, 0.1) is 22.7 Å². The summed E-state index contributed by atoms with van der Waals surface area (Å²) in [6, 6.07) is 4.53. The van der Waals surface area contributed by atoms with Crippen molar-refractivity contribution in [2.75, 3.05) is 7.11 Å². The second-order valence-electron chi connectivity index (χ2n) is 3.15. The van der Waals surface area contributed by atoms with E-state index >= 15 is 0 Å². The predicted octanol–water partition coefficient (Wildman–Crippen LogP) is 3.07. The molecule has 0 aliphatic rings. The van der Waals surface area contributed by atoms with Crippen molar-refractivity contribution in [1.29, 1.82) is 5.26 Å². The Hall–Kier alpha value is -1.44. The van der Waals surface area contributed by atoms with E-state index in [9.17, 15) is 4.79 Å². The number of rotatable bonds is 3. The van der Waals surface area contributed by atoms with E-state index in [1.807, 2.05) is 0 Å². The summed E-state index contributed by atoms with van der Waals surface area (Å²) in [5, 5.41) is 8.93. The number of methoxy groups -OCH3 is 1. The van der Waals surface area contributed by atoms with Gasteiger partial charge in [0, 0.05) is 0 Å². The molecule has 0 heterocycles. The Bertz CT molecular complexity index is 459. The maximum Gasteiger partial charge on any atom is 0.339 e. The number of carbonyl (C=O) groups excluding carboxylic acids is 1. The molecular formula is C11H9Cl2NO3. The molecule has 0 aliphatic heterocycles. The summed E-state index contributed by atoms with van der Waals surface area (Å²) in [4.78, 5) is 11.6. The second kappa shape index (κ2) is 5.76. The largest absolute Gasteiger partial charge is 0.494 e. The lowest BCUT2D eigenvalue weighted by Gasteiger charge is -2.09. The number of carbonyl (C=O) groups is 1. The fourth-order valence-corrected chi connectivity index (χ4v) is 1.77. The number of esters is 1.